The minimum absolute atomic E-state index is 0.0842. The largest absolute Gasteiger partial charge is 0.377 e. The topological polar surface area (TPSA) is 101 Å². The number of benzene rings is 1. The summed E-state index contributed by atoms with van der Waals surface area (Å²) in [5, 5.41) is 4.18. The fourth-order valence-corrected chi connectivity index (χ4v) is 5.38. The first-order chi connectivity index (χ1) is 16.8. The van der Waals surface area contributed by atoms with Crippen LogP contribution in [-0.4, -0.2) is 52.0 Å². The third kappa shape index (κ3) is 4.34. The SMILES string of the molecule is CSNC(=O)c1nc(Cl)ccc1NC(C)c1cc(C)cc2c(=O)n(C)c(N3C[C@H]4C[C@@H]3CO4)nc12. The van der Waals surface area contributed by atoms with Crippen molar-refractivity contribution in [2.45, 2.75) is 38.5 Å². The van der Waals surface area contributed by atoms with Crippen LogP contribution in [0.15, 0.2) is 29.1 Å². The summed E-state index contributed by atoms with van der Waals surface area (Å²) in [4.78, 5) is 37.4. The molecular weight excluding hydrogens is 488 g/mol. The number of halogens is 1. The first-order valence-corrected chi connectivity index (χ1v) is 13.0. The molecule has 4 heterocycles. The molecule has 11 heteroatoms. The molecule has 2 aliphatic heterocycles. The van der Waals surface area contributed by atoms with Gasteiger partial charge in [0, 0.05) is 25.4 Å². The molecule has 2 aliphatic rings. The summed E-state index contributed by atoms with van der Waals surface area (Å²) >= 11 is 7.25. The smallest absolute Gasteiger partial charge is 0.281 e. The molecule has 0 aliphatic carbocycles. The van der Waals surface area contributed by atoms with Crippen LogP contribution in [0.4, 0.5) is 11.6 Å². The highest BCUT2D eigenvalue weighted by molar-refractivity contribution is 7.97. The number of nitrogens with one attached hydrogen (secondary N) is 2. The highest BCUT2D eigenvalue weighted by atomic mass is 35.5. The minimum atomic E-state index is -0.343. The van der Waals surface area contributed by atoms with Crippen LogP contribution in [-0.2, 0) is 11.8 Å². The molecular formula is C24H27ClN6O3S. The van der Waals surface area contributed by atoms with E-state index in [1.165, 1.54) is 11.9 Å². The van der Waals surface area contributed by atoms with Crippen LogP contribution in [0.1, 0.15) is 41.0 Å². The Hall–Kier alpha value is -2.82. The van der Waals surface area contributed by atoms with Crippen molar-refractivity contribution in [2.75, 3.05) is 29.6 Å². The molecule has 3 atom stereocenters. The lowest BCUT2D eigenvalue weighted by molar-refractivity contribution is 0.0978. The Morgan fingerprint density at radius 1 is 1.31 bits per heavy atom. The van der Waals surface area contributed by atoms with Crippen LogP contribution in [0, 0.1) is 6.92 Å². The number of hydrogen-bond donors (Lipinski definition) is 2. The Morgan fingerprint density at radius 3 is 2.80 bits per heavy atom. The second-order valence-corrected chi connectivity index (χ2v) is 10.1. The number of ether oxygens (including phenoxy) is 1. The number of carbonyl (C=O) groups excluding carboxylic acids is 1. The number of rotatable bonds is 6. The van der Waals surface area contributed by atoms with Crippen molar-refractivity contribution in [3.63, 3.8) is 0 Å². The molecule has 1 unspecified atom stereocenters. The first-order valence-electron chi connectivity index (χ1n) is 11.4. The van der Waals surface area contributed by atoms with Crippen LogP contribution in [0.25, 0.3) is 10.9 Å². The number of anilines is 2. The van der Waals surface area contributed by atoms with Crippen molar-refractivity contribution in [3.8, 4) is 0 Å². The van der Waals surface area contributed by atoms with Crippen LogP contribution in [0.5, 0.6) is 0 Å². The number of aryl methyl sites for hydroxylation is 1. The van der Waals surface area contributed by atoms with Gasteiger partial charge in [-0.15, -0.1) is 0 Å². The molecule has 2 saturated heterocycles. The lowest BCUT2D eigenvalue weighted by atomic mass is 10.0. The standard InChI is InChI=1S/C24H27ClN6O3S/c1-12-7-16(13(2)26-18-5-6-19(25)27-21(18)22(32)29-35-4)20-17(8-12)23(33)30(3)24(28-20)31-10-15-9-14(31)11-34-15/h5-8,13-15,26H,9-11H2,1-4H3,(H,29,32)/t13?,14-,15-/m1/s1. The average Bonchev–Trinajstić information content (AvgIpc) is 3.46. The first kappa shape index (κ1) is 23.9. The van der Waals surface area contributed by atoms with Gasteiger partial charge in [0.05, 0.1) is 41.4 Å². The molecule has 5 rings (SSSR count). The molecule has 0 radical (unpaired) electrons. The Morgan fingerprint density at radius 2 is 2.11 bits per heavy atom. The van der Waals surface area contributed by atoms with Crippen LogP contribution in [0.2, 0.25) is 5.15 Å². The summed E-state index contributed by atoms with van der Waals surface area (Å²) < 4.78 is 10.1. The van der Waals surface area contributed by atoms with Gasteiger partial charge in [0.1, 0.15) is 5.15 Å². The molecule has 2 bridgehead atoms. The zero-order valence-electron chi connectivity index (χ0n) is 20.0. The van der Waals surface area contributed by atoms with E-state index in [0.717, 1.165) is 24.1 Å². The summed E-state index contributed by atoms with van der Waals surface area (Å²) in [5.74, 6) is 0.313. The van der Waals surface area contributed by atoms with Gasteiger partial charge in [0.2, 0.25) is 5.95 Å². The van der Waals surface area contributed by atoms with Crippen molar-refractivity contribution in [2.24, 2.45) is 7.05 Å². The van der Waals surface area contributed by atoms with Gasteiger partial charge < -0.3 is 15.0 Å². The van der Waals surface area contributed by atoms with E-state index in [4.69, 9.17) is 21.3 Å². The van der Waals surface area contributed by atoms with Crippen LogP contribution >= 0.6 is 23.5 Å². The van der Waals surface area contributed by atoms with Gasteiger partial charge >= 0.3 is 0 Å². The van der Waals surface area contributed by atoms with E-state index in [1.807, 2.05) is 26.0 Å². The maximum Gasteiger partial charge on any atom is 0.281 e. The Kier molecular flexibility index (Phi) is 6.37. The normalized spacial score (nSPS) is 19.9. The fraction of sp³-hybridized carbons (Fsp3) is 0.417. The Bertz CT molecular complexity index is 1380. The predicted octanol–water partition coefficient (Wildman–Crippen LogP) is 3.45. The number of hydrogen-bond acceptors (Lipinski definition) is 8. The van der Waals surface area contributed by atoms with Gasteiger partial charge in [-0.1, -0.05) is 29.6 Å². The zero-order valence-corrected chi connectivity index (χ0v) is 21.5. The molecule has 0 spiro atoms. The number of pyridine rings is 1. The number of nitrogens with zero attached hydrogens (tertiary/aromatic N) is 4. The van der Waals surface area contributed by atoms with Gasteiger partial charge in [-0.2, -0.15) is 0 Å². The van der Waals surface area contributed by atoms with E-state index in [2.05, 4.69) is 19.9 Å². The van der Waals surface area contributed by atoms with Gasteiger partial charge in [-0.25, -0.2) is 9.97 Å². The number of aromatic nitrogens is 3. The van der Waals surface area contributed by atoms with E-state index >= 15 is 0 Å². The fourth-order valence-electron chi connectivity index (χ4n) is 4.95. The van der Waals surface area contributed by atoms with Gasteiger partial charge in [-0.3, -0.25) is 18.9 Å². The average molecular weight is 515 g/mol. The second kappa shape index (κ2) is 9.33. The van der Waals surface area contributed by atoms with E-state index in [0.29, 0.717) is 29.1 Å². The second-order valence-electron chi connectivity index (χ2n) is 9.05. The Balaban J connectivity index is 1.58. The number of morpholine rings is 1. The van der Waals surface area contributed by atoms with E-state index < -0.39 is 0 Å². The van der Waals surface area contributed by atoms with Crippen molar-refractivity contribution in [1.29, 1.82) is 0 Å². The van der Waals surface area contributed by atoms with Crippen molar-refractivity contribution >= 4 is 52.0 Å². The monoisotopic (exact) mass is 514 g/mol. The third-order valence-corrected chi connectivity index (χ3v) is 7.20. The van der Waals surface area contributed by atoms with Crippen LogP contribution in [0.3, 0.4) is 0 Å². The molecule has 184 valence electrons. The maximum atomic E-state index is 13.4. The predicted molar refractivity (Wildman–Crippen MR) is 139 cm³/mol. The molecule has 1 amide bonds. The van der Waals surface area contributed by atoms with Gasteiger partial charge in [0.25, 0.3) is 11.5 Å². The number of fused-ring (bicyclic) bond motifs is 3. The molecule has 2 N–H and O–H groups in total. The highest BCUT2D eigenvalue weighted by Crippen LogP contribution is 2.33. The summed E-state index contributed by atoms with van der Waals surface area (Å²) in [5.41, 5.74) is 3.13. The number of amides is 1. The van der Waals surface area contributed by atoms with Crippen molar-refractivity contribution in [1.82, 2.24) is 19.3 Å². The molecule has 0 saturated carbocycles. The summed E-state index contributed by atoms with van der Waals surface area (Å²) in [7, 11) is 1.77. The minimum Gasteiger partial charge on any atom is -0.377 e. The summed E-state index contributed by atoms with van der Waals surface area (Å²) in [6, 6.07) is 7.24. The summed E-state index contributed by atoms with van der Waals surface area (Å²) in [6.07, 6.45) is 2.91. The van der Waals surface area contributed by atoms with E-state index in [1.54, 1.807) is 30.0 Å². The third-order valence-electron chi connectivity index (χ3n) is 6.60. The van der Waals surface area contributed by atoms with E-state index in [9.17, 15) is 9.59 Å². The lowest BCUT2D eigenvalue weighted by Gasteiger charge is -2.29. The van der Waals surface area contributed by atoms with E-state index in [-0.39, 0.29) is 40.5 Å². The quantitative estimate of drug-likeness (QED) is 0.381. The zero-order chi connectivity index (χ0) is 24.9. The highest BCUT2D eigenvalue weighted by Gasteiger charge is 2.40. The molecule has 2 fully saturated rings. The molecule has 3 aromatic rings. The molecule has 1 aromatic carbocycles. The van der Waals surface area contributed by atoms with Gasteiger partial charge in [0.15, 0.2) is 5.69 Å². The molecule has 9 nitrogen and oxygen atoms in total. The Labute approximate surface area is 212 Å². The molecule has 2 aromatic heterocycles. The number of carbonyl (C=O) groups is 1. The van der Waals surface area contributed by atoms with Gasteiger partial charge in [-0.05, 0) is 44.0 Å². The van der Waals surface area contributed by atoms with Crippen molar-refractivity contribution < 1.29 is 9.53 Å². The maximum absolute atomic E-state index is 13.4. The summed E-state index contributed by atoms with van der Waals surface area (Å²) in [6.45, 7) is 5.32. The molecule has 35 heavy (non-hydrogen) atoms. The lowest BCUT2D eigenvalue weighted by Crippen LogP contribution is -2.41. The van der Waals surface area contributed by atoms with Crippen LogP contribution < -0.4 is 20.5 Å². The van der Waals surface area contributed by atoms with Crippen molar-refractivity contribution in [3.05, 3.63) is 56.6 Å².